The Kier molecular flexibility index (Phi) is 6.22. The normalized spacial score (nSPS) is 29.0. The van der Waals surface area contributed by atoms with Crippen LogP contribution >= 0.6 is 0 Å². The number of nitrogens with one attached hydrogen (secondary N) is 1. The summed E-state index contributed by atoms with van der Waals surface area (Å²) in [5, 5.41) is 3.67. The smallest absolute Gasteiger partial charge is 0.0615 e. The highest BCUT2D eigenvalue weighted by Gasteiger charge is 2.22. The van der Waals surface area contributed by atoms with Crippen LogP contribution in [0.4, 0.5) is 0 Å². The summed E-state index contributed by atoms with van der Waals surface area (Å²) in [5.41, 5.74) is 0. The van der Waals surface area contributed by atoms with Crippen molar-refractivity contribution in [1.82, 2.24) is 5.32 Å². The summed E-state index contributed by atoms with van der Waals surface area (Å²) in [5.74, 6) is 0. The van der Waals surface area contributed by atoms with Crippen LogP contribution in [0, 0.1) is 0 Å². The Hall–Kier alpha value is -0.120. The molecule has 0 saturated heterocycles. The zero-order valence-electron chi connectivity index (χ0n) is 10.3. The molecule has 90 valence electrons. The summed E-state index contributed by atoms with van der Waals surface area (Å²) in [6.07, 6.45) is 6.48. The van der Waals surface area contributed by atoms with E-state index in [4.69, 9.17) is 9.47 Å². The van der Waals surface area contributed by atoms with Gasteiger partial charge in [0.25, 0.3) is 0 Å². The van der Waals surface area contributed by atoms with Gasteiger partial charge in [-0.25, -0.2) is 0 Å². The van der Waals surface area contributed by atoms with Crippen molar-refractivity contribution in [2.45, 2.75) is 57.2 Å². The number of hydrogen-bond acceptors (Lipinski definition) is 3. The molecule has 0 bridgehead atoms. The summed E-state index contributed by atoms with van der Waals surface area (Å²) >= 11 is 0. The van der Waals surface area contributed by atoms with Crippen LogP contribution in [0.25, 0.3) is 0 Å². The van der Waals surface area contributed by atoms with Gasteiger partial charge < -0.3 is 14.8 Å². The first-order chi connectivity index (χ1) is 7.30. The summed E-state index contributed by atoms with van der Waals surface area (Å²) in [6.45, 7) is 3.03. The minimum absolute atomic E-state index is 0.491. The van der Waals surface area contributed by atoms with Crippen LogP contribution in [-0.2, 0) is 9.47 Å². The lowest BCUT2D eigenvalue weighted by molar-refractivity contribution is 0.0584. The van der Waals surface area contributed by atoms with E-state index in [0.717, 1.165) is 13.0 Å². The van der Waals surface area contributed by atoms with Crippen LogP contribution in [0.3, 0.4) is 0 Å². The Morgan fingerprint density at radius 2 is 1.87 bits per heavy atom. The van der Waals surface area contributed by atoms with Gasteiger partial charge in [0.1, 0.15) is 0 Å². The minimum Gasteiger partial charge on any atom is -0.383 e. The molecule has 1 aliphatic carbocycles. The van der Waals surface area contributed by atoms with Crippen molar-refractivity contribution in [3.8, 4) is 0 Å². The molecule has 0 heterocycles. The zero-order chi connectivity index (χ0) is 11.1. The Balaban J connectivity index is 2.21. The molecule has 3 nitrogen and oxygen atoms in total. The summed E-state index contributed by atoms with van der Waals surface area (Å²) in [6, 6.07) is 1.18. The predicted octanol–water partition coefficient (Wildman–Crippen LogP) is 1.96. The van der Waals surface area contributed by atoms with Gasteiger partial charge in [-0.3, -0.25) is 0 Å². The van der Waals surface area contributed by atoms with E-state index in [9.17, 15) is 0 Å². The molecular formula is C12H25NO2. The lowest BCUT2D eigenvalue weighted by Crippen LogP contribution is -2.43. The maximum absolute atomic E-state index is 5.37. The molecule has 1 saturated carbocycles. The van der Waals surface area contributed by atoms with Crippen LogP contribution in [0.15, 0.2) is 0 Å². The van der Waals surface area contributed by atoms with Crippen molar-refractivity contribution in [3.05, 3.63) is 0 Å². The fourth-order valence-electron chi connectivity index (χ4n) is 2.28. The average molecular weight is 215 g/mol. The minimum atomic E-state index is 0.491. The van der Waals surface area contributed by atoms with E-state index in [-0.39, 0.29) is 0 Å². The van der Waals surface area contributed by atoms with E-state index >= 15 is 0 Å². The second kappa shape index (κ2) is 7.20. The molecule has 0 aliphatic heterocycles. The Morgan fingerprint density at radius 1 is 1.20 bits per heavy atom. The highest BCUT2D eigenvalue weighted by Crippen LogP contribution is 2.21. The SMILES string of the molecule is CCC(COC)NC1CCC(OC)CC1. The van der Waals surface area contributed by atoms with Gasteiger partial charge >= 0.3 is 0 Å². The van der Waals surface area contributed by atoms with Crippen molar-refractivity contribution >= 4 is 0 Å². The van der Waals surface area contributed by atoms with E-state index < -0.39 is 0 Å². The van der Waals surface area contributed by atoms with Crippen molar-refractivity contribution in [2.24, 2.45) is 0 Å². The highest BCUT2D eigenvalue weighted by atomic mass is 16.5. The first-order valence-electron chi connectivity index (χ1n) is 6.07. The highest BCUT2D eigenvalue weighted by molar-refractivity contribution is 4.80. The van der Waals surface area contributed by atoms with Crippen molar-refractivity contribution in [2.75, 3.05) is 20.8 Å². The Morgan fingerprint density at radius 3 is 2.33 bits per heavy atom. The monoisotopic (exact) mass is 215 g/mol. The van der Waals surface area contributed by atoms with Crippen LogP contribution in [0.1, 0.15) is 39.0 Å². The lowest BCUT2D eigenvalue weighted by atomic mass is 9.92. The second-order valence-electron chi connectivity index (χ2n) is 4.44. The van der Waals surface area contributed by atoms with Crippen molar-refractivity contribution < 1.29 is 9.47 Å². The number of rotatable bonds is 6. The largest absolute Gasteiger partial charge is 0.383 e. The fourth-order valence-corrected chi connectivity index (χ4v) is 2.28. The fraction of sp³-hybridized carbons (Fsp3) is 1.00. The molecule has 15 heavy (non-hydrogen) atoms. The molecule has 1 rings (SSSR count). The molecule has 0 radical (unpaired) electrons. The topological polar surface area (TPSA) is 30.5 Å². The van der Waals surface area contributed by atoms with Gasteiger partial charge in [-0.2, -0.15) is 0 Å². The third-order valence-corrected chi connectivity index (χ3v) is 3.34. The first kappa shape index (κ1) is 12.9. The average Bonchev–Trinajstić information content (AvgIpc) is 2.29. The van der Waals surface area contributed by atoms with Crippen LogP contribution < -0.4 is 5.32 Å². The molecule has 1 N–H and O–H groups in total. The molecule has 3 heteroatoms. The van der Waals surface area contributed by atoms with Gasteiger partial charge in [-0.1, -0.05) is 6.92 Å². The molecule has 1 fully saturated rings. The third-order valence-electron chi connectivity index (χ3n) is 3.34. The van der Waals surface area contributed by atoms with Gasteiger partial charge in [0.2, 0.25) is 0 Å². The summed E-state index contributed by atoms with van der Waals surface area (Å²) < 4.78 is 10.6. The maximum atomic E-state index is 5.37. The van der Waals surface area contributed by atoms with Crippen molar-refractivity contribution in [3.63, 3.8) is 0 Å². The molecule has 1 unspecified atom stereocenters. The second-order valence-corrected chi connectivity index (χ2v) is 4.44. The Bertz CT molecular complexity index is 156. The molecule has 0 aromatic rings. The number of methoxy groups -OCH3 is 2. The predicted molar refractivity (Wildman–Crippen MR) is 62.1 cm³/mol. The van der Waals surface area contributed by atoms with Gasteiger partial charge in [0, 0.05) is 26.3 Å². The summed E-state index contributed by atoms with van der Waals surface area (Å²) in [7, 11) is 3.59. The standard InChI is InChI=1S/C12H25NO2/c1-4-10(9-14-2)13-11-5-7-12(15-3)8-6-11/h10-13H,4-9H2,1-3H3. The first-order valence-corrected chi connectivity index (χ1v) is 6.07. The van der Waals surface area contributed by atoms with E-state index in [0.29, 0.717) is 18.2 Å². The van der Waals surface area contributed by atoms with Gasteiger partial charge in [-0.15, -0.1) is 0 Å². The third kappa shape index (κ3) is 4.49. The summed E-state index contributed by atoms with van der Waals surface area (Å²) in [4.78, 5) is 0. The number of hydrogen-bond donors (Lipinski definition) is 1. The maximum Gasteiger partial charge on any atom is 0.0615 e. The van der Waals surface area contributed by atoms with E-state index in [1.807, 2.05) is 7.11 Å². The molecule has 0 spiro atoms. The molecule has 0 aromatic carbocycles. The number of ether oxygens (including phenoxy) is 2. The molecule has 0 amide bonds. The molecule has 1 aliphatic rings. The van der Waals surface area contributed by atoms with E-state index in [1.165, 1.54) is 25.7 Å². The van der Waals surface area contributed by atoms with E-state index in [2.05, 4.69) is 12.2 Å². The molecule has 0 aromatic heterocycles. The molecule has 1 atom stereocenters. The lowest BCUT2D eigenvalue weighted by Gasteiger charge is -2.31. The zero-order valence-corrected chi connectivity index (χ0v) is 10.3. The quantitative estimate of drug-likeness (QED) is 0.734. The van der Waals surface area contributed by atoms with Crippen LogP contribution in [0.5, 0.6) is 0 Å². The van der Waals surface area contributed by atoms with Gasteiger partial charge in [0.15, 0.2) is 0 Å². The van der Waals surface area contributed by atoms with E-state index in [1.54, 1.807) is 7.11 Å². The van der Waals surface area contributed by atoms with Gasteiger partial charge in [0.05, 0.1) is 12.7 Å². The van der Waals surface area contributed by atoms with Crippen molar-refractivity contribution in [1.29, 1.82) is 0 Å². The molecular weight excluding hydrogens is 190 g/mol. The van der Waals surface area contributed by atoms with Gasteiger partial charge in [-0.05, 0) is 32.1 Å². The van der Waals surface area contributed by atoms with Crippen LogP contribution in [0.2, 0.25) is 0 Å². The Labute approximate surface area is 93.5 Å². The van der Waals surface area contributed by atoms with Crippen LogP contribution in [-0.4, -0.2) is 39.0 Å².